The van der Waals surface area contributed by atoms with Gasteiger partial charge in [-0.15, -0.1) is 5.12 Å². The fraction of sp³-hybridized carbons (Fsp3) is 0.371. The molecule has 2 amide bonds. The van der Waals surface area contributed by atoms with Crippen LogP contribution in [0.2, 0.25) is 0 Å². The number of nitrogens with zero attached hydrogens (tertiary/aromatic N) is 3. The van der Waals surface area contributed by atoms with Gasteiger partial charge in [-0.05, 0) is 61.6 Å². The van der Waals surface area contributed by atoms with Crippen molar-refractivity contribution >= 4 is 35.2 Å². The molecule has 0 bridgehead atoms. The summed E-state index contributed by atoms with van der Waals surface area (Å²) in [5.41, 5.74) is 5.83. The largest absolute Gasteiger partial charge is 0.365 e. The summed E-state index contributed by atoms with van der Waals surface area (Å²) in [6.45, 7) is 14.8. The van der Waals surface area contributed by atoms with E-state index < -0.39 is 0 Å². The van der Waals surface area contributed by atoms with Crippen molar-refractivity contribution in [3.8, 4) is 0 Å². The molecule has 0 radical (unpaired) electrons. The zero-order valence-corrected chi connectivity index (χ0v) is 26.4. The zero-order valence-electron chi connectivity index (χ0n) is 26.4. The summed E-state index contributed by atoms with van der Waals surface area (Å²) in [6, 6.07) is 21.4. The molecule has 2 N–H and O–H groups in total. The molecule has 43 heavy (non-hydrogen) atoms. The van der Waals surface area contributed by atoms with Crippen LogP contribution in [-0.2, 0) is 22.6 Å². The van der Waals surface area contributed by atoms with E-state index in [1.165, 1.54) is 42.8 Å². The molecule has 4 aromatic rings. The number of rotatable bonds is 9. The number of fused-ring (bicyclic) bond motifs is 1. The average Bonchev–Trinajstić information content (AvgIpc) is 3.06. The number of hydrogen-bond acceptors (Lipinski definition) is 5. The Kier molecular flexibility index (Phi) is 24.1. The summed E-state index contributed by atoms with van der Waals surface area (Å²) in [7, 11) is 1.56. The van der Waals surface area contributed by atoms with Gasteiger partial charge in [-0.2, -0.15) is 0 Å². The zero-order chi connectivity index (χ0) is 31.8. The van der Waals surface area contributed by atoms with Crippen LogP contribution >= 0.6 is 0 Å². The number of anilines is 2. The van der Waals surface area contributed by atoms with Gasteiger partial charge in [0.25, 0.3) is 0 Å². The second-order valence-electron chi connectivity index (χ2n) is 8.63. The fourth-order valence-electron chi connectivity index (χ4n) is 3.56. The van der Waals surface area contributed by atoms with Gasteiger partial charge in [0.05, 0.1) is 11.2 Å². The van der Waals surface area contributed by atoms with Crippen LogP contribution in [0.3, 0.4) is 0 Å². The minimum atomic E-state index is 0. The van der Waals surface area contributed by atoms with Gasteiger partial charge in [0, 0.05) is 19.0 Å². The Bertz CT molecular complexity index is 1280. The van der Waals surface area contributed by atoms with Crippen LogP contribution in [0, 0.1) is 13.8 Å². The highest BCUT2D eigenvalue weighted by Gasteiger charge is 2.07. The smallest absolute Gasteiger partial charge is 0.242 e. The summed E-state index contributed by atoms with van der Waals surface area (Å²) in [4.78, 5) is 28.1. The molecule has 0 spiro atoms. The third-order valence-corrected chi connectivity index (χ3v) is 5.63. The second kappa shape index (κ2) is 25.4. The molecular weight excluding hydrogens is 541 g/mol. The first kappa shape index (κ1) is 40.8. The molecule has 0 unspecified atom stereocenters. The van der Waals surface area contributed by atoms with Gasteiger partial charge in [0.15, 0.2) is 0 Å². The van der Waals surface area contributed by atoms with Crippen molar-refractivity contribution in [2.75, 3.05) is 17.5 Å². The van der Waals surface area contributed by atoms with E-state index in [0.29, 0.717) is 13.0 Å². The Hall–Kier alpha value is -4.33. The van der Waals surface area contributed by atoms with E-state index >= 15 is 0 Å². The molecule has 0 atom stereocenters. The van der Waals surface area contributed by atoms with Gasteiger partial charge in [0.2, 0.25) is 12.8 Å². The maximum absolute atomic E-state index is 13.3. The molecule has 0 aliphatic rings. The number of unbranched alkanes of at least 4 members (excludes halogenated alkanes) is 1. The fourth-order valence-corrected chi connectivity index (χ4v) is 3.56. The lowest BCUT2D eigenvalue weighted by Gasteiger charge is -2.11. The molecule has 0 saturated heterocycles. The molecule has 0 fully saturated rings. The lowest BCUT2D eigenvalue weighted by Crippen LogP contribution is -2.09. The van der Waals surface area contributed by atoms with Crippen LogP contribution in [0.1, 0.15) is 77.1 Å². The summed E-state index contributed by atoms with van der Waals surface area (Å²) in [6.07, 6.45) is 6.10. The van der Waals surface area contributed by atoms with E-state index in [-0.39, 0.29) is 24.6 Å². The van der Waals surface area contributed by atoms with Crippen LogP contribution in [0.25, 0.3) is 10.9 Å². The number of hydrogen-bond donors (Lipinski definition) is 2. The summed E-state index contributed by atoms with van der Waals surface area (Å²) in [5, 5.41) is 6.47. The van der Waals surface area contributed by atoms with E-state index in [9.17, 15) is 9.28 Å². The molecule has 1 heterocycles. The molecule has 8 heteroatoms. The minimum Gasteiger partial charge on any atom is -0.365 e. The first-order valence-electron chi connectivity index (χ1n) is 14.5. The van der Waals surface area contributed by atoms with Crippen molar-refractivity contribution in [3.05, 3.63) is 95.3 Å². The molecule has 4 rings (SSSR count). The van der Waals surface area contributed by atoms with Crippen molar-refractivity contribution < 1.29 is 14.1 Å². The molecule has 0 aliphatic heterocycles. The van der Waals surface area contributed by atoms with Crippen molar-refractivity contribution in [1.29, 1.82) is 0 Å². The highest BCUT2D eigenvalue weighted by atomic mass is 19.2. The van der Waals surface area contributed by atoms with Gasteiger partial charge in [-0.1, -0.05) is 107 Å². The number of aryl methyl sites for hydroxylation is 3. The van der Waals surface area contributed by atoms with E-state index in [2.05, 4.69) is 58.7 Å². The van der Waals surface area contributed by atoms with Crippen molar-refractivity contribution in [1.82, 2.24) is 15.3 Å². The number of para-hydroxylation sites is 1. The predicted octanol–water partition coefficient (Wildman–Crippen LogP) is 8.79. The average molecular weight is 594 g/mol. The molecule has 1 aromatic heterocycles. The van der Waals surface area contributed by atoms with Crippen LogP contribution in [0.4, 0.5) is 16.0 Å². The monoisotopic (exact) mass is 593 g/mol. The Labute approximate surface area is 258 Å². The first-order chi connectivity index (χ1) is 20.4. The topological polar surface area (TPSA) is 87.2 Å². The predicted molar refractivity (Wildman–Crippen MR) is 182 cm³/mol. The third-order valence-electron chi connectivity index (χ3n) is 5.63. The normalized spacial score (nSPS) is 8.95. The summed E-state index contributed by atoms with van der Waals surface area (Å²) in [5.74, 6) is 0.719. The van der Waals surface area contributed by atoms with Crippen molar-refractivity contribution in [3.63, 3.8) is 0 Å². The number of nitrogens with one attached hydrogen (secondary N) is 2. The number of carbonyl (C=O) groups is 2. The van der Waals surface area contributed by atoms with Gasteiger partial charge < -0.3 is 10.6 Å². The van der Waals surface area contributed by atoms with Crippen LogP contribution < -0.4 is 15.8 Å². The minimum absolute atomic E-state index is 0. The molecule has 3 aromatic carbocycles. The number of aromatic nitrogens is 2. The van der Waals surface area contributed by atoms with E-state index in [4.69, 9.17) is 4.79 Å². The van der Waals surface area contributed by atoms with E-state index in [0.717, 1.165) is 27.8 Å². The maximum Gasteiger partial charge on any atom is 0.242 e. The first-order valence-corrected chi connectivity index (χ1v) is 14.5. The lowest BCUT2D eigenvalue weighted by atomic mass is 10.1. The Morgan fingerprint density at radius 3 is 2.09 bits per heavy atom. The third kappa shape index (κ3) is 15.5. The molecule has 0 aliphatic carbocycles. The summed E-state index contributed by atoms with van der Waals surface area (Å²) >= 11 is 0. The number of benzene rings is 3. The Balaban J connectivity index is 0. The van der Waals surface area contributed by atoms with Gasteiger partial charge in [-0.3, -0.25) is 9.59 Å². The summed E-state index contributed by atoms with van der Waals surface area (Å²) < 4.78 is 13.3. The standard InChI is InChI=1S/C17H15FN4O.C11H16.C2H5NO.2C2H6.CH4/c1-12-4-2-7-15-16(12)20-10-21-17(15)19-9-13-5-3-6-14(8-13)22(18)11-23;1-3-4-5-11-8-6-10(2)7-9-11;1-3-2-4;2*1-2;/h2-8,10-11H,9H2,1H3,(H,19,20,21);6-9H,3-5H2,1-2H3;2H,1H3,(H,3,4);2*1-2H3;1H4. The second-order valence-corrected chi connectivity index (χ2v) is 8.63. The van der Waals surface area contributed by atoms with Crippen molar-refractivity contribution in [2.45, 2.75) is 81.7 Å². The lowest BCUT2D eigenvalue weighted by molar-refractivity contribution is -0.110. The van der Waals surface area contributed by atoms with Crippen LogP contribution in [0.5, 0.6) is 0 Å². The highest BCUT2D eigenvalue weighted by molar-refractivity contribution is 5.90. The SMILES string of the molecule is C.CC.CC.CCCCc1ccc(C)cc1.CNC=O.Cc1cccc2c(NCc3cccc(N(F)C=O)c3)ncnc12. The van der Waals surface area contributed by atoms with Crippen LogP contribution in [-0.4, -0.2) is 29.8 Å². The van der Waals surface area contributed by atoms with Gasteiger partial charge in [0.1, 0.15) is 12.1 Å². The maximum atomic E-state index is 13.3. The molecule has 0 saturated carbocycles. The van der Waals surface area contributed by atoms with Gasteiger partial charge >= 0.3 is 0 Å². The van der Waals surface area contributed by atoms with E-state index in [1.807, 2.05) is 58.9 Å². The molecular formula is C35H52FN5O2. The number of carbonyl (C=O) groups excluding carboxylic acids is 2. The number of halogens is 1. The highest BCUT2D eigenvalue weighted by Crippen LogP contribution is 2.23. The van der Waals surface area contributed by atoms with Crippen LogP contribution in [0.15, 0.2) is 73.1 Å². The van der Waals surface area contributed by atoms with Crippen molar-refractivity contribution in [2.24, 2.45) is 0 Å². The quantitative estimate of drug-likeness (QED) is 0.150. The molecule has 7 nitrogen and oxygen atoms in total. The number of amides is 2. The molecule has 236 valence electrons. The van der Waals surface area contributed by atoms with E-state index in [1.54, 1.807) is 19.2 Å². The van der Waals surface area contributed by atoms with Gasteiger partial charge in [-0.25, -0.2) is 9.97 Å². The Morgan fingerprint density at radius 1 is 0.884 bits per heavy atom. The Morgan fingerprint density at radius 2 is 1.51 bits per heavy atom.